The Morgan fingerprint density at radius 3 is 2.38 bits per heavy atom. The quantitative estimate of drug-likeness (QED) is 0.839. The molecule has 1 amide bonds. The number of rotatable bonds is 4. The highest BCUT2D eigenvalue weighted by Crippen LogP contribution is 2.36. The predicted octanol–water partition coefficient (Wildman–Crippen LogP) is 3.12. The molecule has 1 N–H and O–H groups in total. The molecule has 1 aliphatic carbocycles. The van der Waals surface area contributed by atoms with Crippen molar-refractivity contribution in [2.24, 2.45) is 0 Å². The summed E-state index contributed by atoms with van der Waals surface area (Å²) in [5.74, 6) is -0.495. The molecule has 3 rings (SSSR count). The van der Waals surface area contributed by atoms with Crippen LogP contribution in [0.25, 0.3) is 0 Å². The molecular formula is C20H29BFNO3. The van der Waals surface area contributed by atoms with E-state index in [1.165, 1.54) is 12.5 Å². The van der Waals surface area contributed by atoms with E-state index in [4.69, 9.17) is 9.31 Å². The van der Waals surface area contributed by atoms with Gasteiger partial charge in [-0.1, -0.05) is 31.4 Å². The number of hydrogen-bond acceptors (Lipinski definition) is 3. The van der Waals surface area contributed by atoms with Crippen molar-refractivity contribution in [3.63, 3.8) is 0 Å². The molecule has 1 aliphatic heterocycles. The van der Waals surface area contributed by atoms with Gasteiger partial charge in [-0.05, 0) is 57.6 Å². The van der Waals surface area contributed by atoms with Crippen LogP contribution in [0.5, 0.6) is 0 Å². The average Bonchev–Trinajstić information content (AvgIpc) is 2.78. The zero-order valence-corrected chi connectivity index (χ0v) is 16.2. The van der Waals surface area contributed by atoms with Crippen LogP contribution in [0.1, 0.15) is 65.4 Å². The van der Waals surface area contributed by atoms with Crippen molar-refractivity contribution in [1.29, 1.82) is 0 Å². The standard InChI is InChI=1S/C20H29BFNO3/c1-19(2)20(3,4)26-21(25-19)15-10-11-17(22)14(12-15)13-18(24)23-16-8-6-5-7-9-16/h10-12,16H,5-9,13H2,1-4H3,(H,23,24). The molecule has 26 heavy (non-hydrogen) atoms. The molecule has 6 heteroatoms. The SMILES string of the molecule is CC1(C)OB(c2ccc(F)c(CC(=O)NC3CCCCC3)c2)OC1(C)C. The number of halogens is 1. The molecule has 142 valence electrons. The first-order valence-corrected chi connectivity index (χ1v) is 9.61. The normalized spacial score (nSPS) is 22.4. The van der Waals surface area contributed by atoms with Gasteiger partial charge in [0.1, 0.15) is 5.82 Å². The van der Waals surface area contributed by atoms with Crippen molar-refractivity contribution in [3.8, 4) is 0 Å². The van der Waals surface area contributed by atoms with Crippen LogP contribution < -0.4 is 10.8 Å². The van der Waals surface area contributed by atoms with E-state index in [1.807, 2.05) is 27.7 Å². The van der Waals surface area contributed by atoms with Crippen LogP contribution in [0.4, 0.5) is 4.39 Å². The highest BCUT2D eigenvalue weighted by Gasteiger charge is 2.51. The third kappa shape index (κ3) is 4.12. The molecule has 0 unspecified atom stereocenters. The van der Waals surface area contributed by atoms with Crippen molar-refractivity contribution in [2.45, 2.75) is 83.5 Å². The third-order valence-electron chi connectivity index (χ3n) is 5.92. The molecule has 0 atom stereocenters. The van der Waals surface area contributed by atoms with Gasteiger partial charge in [0.25, 0.3) is 0 Å². The lowest BCUT2D eigenvalue weighted by molar-refractivity contribution is -0.121. The maximum absolute atomic E-state index is 14.2. The maximum atomic E-state index is 14.2. The first kappa shape index (κ1) is 19.4. The summed E-state index contributed by atoms with van der Waals surface area (Å²) in [6.07, 6.45) is 5.60. The fraction of sp³-hybridized carbons (Fsp3) is 0.650. The lowest BCUT2D eigenvalue weighted by Gasteiger charge is -2.32. The van der Waals surface area contributed by atoms with E-state index in [0.717, 1.165) is 31.1 Å². The molecule has 1 aromatic rings. The summed E-state index contributed by atoms with van der Waals surface area (Å²) in [6, 6.07) is 4.98. The number of carbonyl (C=O) groups excluding carboxylic acids is 1. The number of amides is 1. The highest BCUT2D eigenvalue weighted by molar-refractivity contribution is 6.62. The van der Waals surface area contributed by atoms with Gasteiger partial charge >= 0.3 is 7.12 Å². The summed E-state index contributed by atoms with van der Waals surface area (Å²) >= 11 is 0. The monoisotopic (exact) mass is 361 g/mol. The first-order chi connectivity index (χ1) is 12.2. The minimum absolute atomic E-state index is 0.0374. The summed E-state index contributed by atoms with van der Waals surface area (Å²) in [7, 11) is -0.555. The van der Waals surface area contributed by atoms with Gasteiger partial charge in [0.05, 0.1) is 17.6 Å². The molecule has 1 saturated carbocycles. The molecular weight excluding hydrogens is 332 g/mol. The van der Waals surface area contributed by atoms with Crippen LogP contribution >= 0.6 is 0 Å². The number of carbonyl (C=O) groups is 1. The molecule has 0 spiro atoms. The van der Waals surface area contributed by atoms with E-state index < -0.39 is 18.3 Å². The fourth-order valence-corrected chi connectivity index (χ4v) is 3.55. The van der Waals surface area contributed by atoms with Crippen LogP contribution in [0.15, 0.2) is 18.2 Å². The van der Waals surface area contributed by atoms with Crippen LogP contribution in [0.2, 0.25) is 0 Å². The highest BCUT2D eigenvalue weighted by atomic mass is 19.1. The van der Waals surface area contributed by atoms with Gasteiger partial charge in [-0.3, -0.25) is 4.79 Å². The van der Waals surface area contributed by atoms with Gasteiger partial charge in [0, 0.05) is 6.04 Å². The van der Waals surface area contributed by atoms with Crippen molar-refractivity contribution in [2.75, 3.05) is 0 Å². The van der Waals surface area contributed by atoms with E-state index in [1.54, 1.807) is 12.1 Å². The Morgan fingerprint density at radius 2 is 1.77 bits per heavy atom. The smallest absolute Gasteiger partial charge is 0.399 e. The van der Waals surface area contributed by atoms with E-state index in [2.05, 4.69) is 5.32 Å². The van der Waals surface area contributed by atoms with E-state index >= 15 is 0 Å². The molecule has 0 radical (unpaired) electrons. The minimum Gasteiger partial charge on any atom is -0.399 e. The zero-order valence-electron chi connectivity index (χ0n) is 16.2. The number of nitrogens with one attached hydrogen (secondary N) is 1. The van der Waals surface area contributed by atoms with Gasteiger partial charge in [-0.15, -0.1) is 0 Å². The summed E-state index contributed by atoms with van der Waals surface area (Å²) in [6.45, 7) is 7.92. The summed E-state index contributed by atoms with van der Waals surface area (Å²) in [5.41, 5.74) is 0.214. The average molecular weight is 361 g/mol. The summed E-state index contributed by atoms with van der Waals surface area (Å²) in [5, 5.41) is 3.04. The second kappa shape index (κ2) is 7.32. The summed E-state index contributed by atoms with van der Waals surface area (Å²) in [4.78, 5) is 12.3. The van der Waals surface area contributed by atoms with E-state index in [-0.39, 0.29) is 24.2 Å². The Hall–Kier alpha value is -1.40. The van der Waals surface area contributed by atoms with Crippen LogP contribution in [-0.4, -0.2) is 30.3 Å². The zero-order chi connectivity index (χ0) is 18.9. The molecule has 1 aromatic carbocycles. The number of benzene rings is 1. The van der Waals surface area contributed by atoms with E-state index in [0.29, 0.717) is 5.56 Å². The molecule has 2 fully saturated rings. The Labute approximate surface area is 156 Å². The lowest BCUT2D eigenvalue weighted by atomic mass is 9.78. The minimum atomic E-state index is -0.555. The van der Waals surface area contributed by atoms with Gasteiger partial charge in [0.15, 0.2) is 0 Å². The molecule has 4 nitrogen and oxygen atoms in total. The lowest BCUT2D eigenvalue weighted by Crippen LogP contribution is -2.41. The van der Waals surface area contributed by atoms with Crippen molar-refractivity contribution >= 4 is 18.5 Å². The summed E-state index contributed by atoms with van der Waals surface area (Å²) < 4.78 is 26.3. The van der Waals surface area contributed by atoms with Crippen molar-refractivity contribution in [3.05, 3.63) is 29.6 Å². The van der Waals surface area contributed by atoms with Gasteiger partial charge < -0.3 is 14.6 Å². The predicted molar refractivity (Wildman–Crippen MR) is 101 cm³/mol. The Kier molecular flexibility index (Phi) is 5.45. The Balaban J connectivity index is 1.69. The second-order valence-electron chi connectivity index (χ2n) is 8.52. The maximum Gasteiger partial charge on any atom is 0.494 e. The first-order valence-electron chi connectivity index (χ1n) is 9.61. The molecule has 0 bridgehead atoms. The van der Waals surface area contributed by atoms with E-state index in [9.17, 15) is 9.18 Å². The largest absolute Gasteiger partial charge is 0.494 e. The molecule has 2 aliphatic rings. The van der Waals surface area contributed by atoms with Crippen molar-refractivity contribution < 1.29 is 18.5 Å². The second-order valence-corrected chi connectivity index (χ2v) is 8.52. The van der Waals surface area contributed by atoms with Gasteiger partial charge in [-0.25, -0.2) is 4.39 Å². The Bertz CT molecular complexity index is 655. The van der Waals surface area contributed by atoms with Gasteiger partial charge in [0.2, 0.25) is 5.91 Å². The van der Waals surface area contributed by atoms with Crippen LogP contribution in [-0.2, 0) is 20.5 Å². The molecule has 0 aromatic heterocycles. The number of hydrogen-bond donors (Lipinski definition) is 1. The van der Waals surface area contributed by atoms with Crippen LogP contribution in [0.3, 0.4) is 0 Å². The third-order valence-corrected chi connectivity index (χ3v) is 5.92. The fourth-order valence-electron chi connectivity index (χ4n) is 3.55. The van der Waals surface area contributed by atoms with Crippen LogP contribution in [0, 0.1) is 5.82 Å². The van der Waals surface area contributed by atoms with Gasteiger partial charge in [-0.2, -0.15) is 0 Å². The van der Waals surface area contributed by atoms with Crippen molar-refractivity contribution in [1.82, 2.24) is 5.32 Å². The molecule has 1 saturated heterocycles. The molecule has 1 heterocycles. The topological polar surface area (TPSA) is 47.6 Å². The Morgan fingerprint density at radius 1 is 1.15 bits per heavy atom.